The van der Waals surface area contributed by atoms with E-state index in [4.69, 9.17) is 16.0 Å². The van der Waals surface area contributed by atoms with E-state index in [1.54, 1.807) is 0 Å². The number of nitro benzene ring substituents is 1. The van der Waals surface area contributed by atoms with E-state index in [1.807, 2.05) is 0 Å². The molecule has 0 saturated carbocycles. The smallest absolute Gasteiger partial charge is 0.408 e. The topological polar surface area (TPSA) is 107 Å². The van der Waals surface area contributed by atoms with Crippen LogP contribution in [0, 0.1) is 15.9 Å². The molecule has 0 radical (unpaired) electrons. The van der Waals surface area contributed by atoms with E-state index in [0.717, 1.165) is 16.7 Å². The first kappa shape index (κ1) is 16.7. The van der Waals surface area contributed by atoms with E-state index < -0.39 is 28.9 Å². The summed E-state index contributed by atoms with van der Waals surface area (Å²) in [6.45, 7) is -0.515. The molecule has 0 atom stereocenters. The minimum atomic E-state index is -0.864. The van der Waals surface area contributed by atoms with Crippen molar-refractivity contribution in [2.24, 2.45) is 0 Å². The van der Waals surface area contributed by atoms with Crippen LogP contribution in [0.25, 0.3) is 11.1 Å². The standard InChI is InChI=1S/C15H9ClFN3O5/c16-8-1-3-10(17)11(5-8)18-14(21)7-19-12-6-9(20(23)24)2-4-13(12)25-15(19)22/h1-6H,7H2,(H,18,21). The number of nitro groups is 1. The summed E-state index contributed by atoms with van der Waals surface area (Å²) in [4.78, 5) is 34.2. The maximum Gasteiger partial charge on any atom is 0.420 e. The Labute approximate surface area is 143 Å². The summed E-state index contributed by atoms with van der Waals surface area (Å²) < 4.78 is 19.5. The molecular weight excluding hydrogens is 357 g/mol. The largest absolute Gasteiger partial charge is 0.420 e. The van der Waals surface area contributed by atoms with Crippen molar-refractivity contribution in [3.8, 4) is 0 Å². The van der Waals surface area contributed by atoms with Gasteiger partial charge in [0.1, 0.15) is 12.4 Å². The molecule has 8 nitrogen and oxygen atoms in total. The fourth-order valence-electron chi connectivity index (χ4n) is 2.24. The van der Waals surface area contributed by atoms with Gasteiger partial charge in [0.2, 0.25) is 5.91 Å². The first-order valence-corrected chi connectivity index (χ1v) is 7.25. The summed E-state index contributed by atoms with van der Waals surface area (Å²) in [6.07, 6.45) is 0. The molecule has 25 heavy (non-hydrogen) atoms. The van der Waals surface area contributed by atoms with Gasteiger partial charge in [-0.1, -0.05) is 11.6 Å². The maximum atomic E-state index is 13.6. The normalized spacial score (nSPS) is 10.8. The number of oxazole rings is 1. The zero-order valence-corrected chi connectivity index (χ0v) is 13.1. The molecule has 0 fully saturated rings. The predicted octanol–water partition coefficient (Wildman–Crippen LogP) is 2.93. The molecule has 0 aliphatic heterocycles. The second kappa shape index (κ2) is 6.36. The minimum Gasteiger partial charge on any atom is -0.408 e. The fourth-order valence-corrected chi connectivity index (χ4v) is 2.41. The van der Waals surface area contributed by atoms with Gasteiger partial charge in [0.05, 0.1) is 16.1 Å². The van der Waals surface area contributed by atoms with Crippen LogP contribution in [0.15, 0.2) is 45.6 Å². The van der Waals surface area contributed by atoms with Gasteiger partial charge in [-0.3, -0.25) is 19.5 Å². The van der Waals surface area contributed by atoms with Gasteiger partial charge in [0, 0.05) is 17.2 Å². The van der Waals surface area contributed by atoms with Gasteiger partial charge < -0.3 is 9.73 Å². The second-order valence-electron chi connectivity index (χ2n) is 5.04. The van der Waals surface area contributed by atoms with Crippen molar-refractivity contribution in [3.05, 3.63) is 67.9 Å². The molecule has 1 aromatic heterocycles. The average Bonchev–Trinajstić information content (AvgIpc) is 2.86. The maximum absolute atomic E-state index is 13.6. The molecule has 1 N–H and O–H groups in total. The van der Waals surface area contributed by atoms with Gasteiger partial charge in [-0.05, 0) is 24.3 Å². The Morgan fingerprint density at radius 2 is 2.08 bits per heavy atom. The van der Waals surface area contributed by atoms with Gasteiger partial charge in [-0.2, -0.15) is 0 Å². The van der Waals surface area contributed by atoms with Gasteiger partial charge in [0.15, 0.2) is 5.58 Å². The lowest BCUT2D eigenvalue weighted by Crippen LogP contribution is -2.25. The molecule has 0 spiro atoms. The van der Waals surface area contributed by atoms with Crippen LogP contribution >= 0.6 is 11.6 Å². The Kier molecular flexibility index (Phi) is 4.24. The van der Waals surface area contributed by atoms with Crippen molar-refractivity contribution in [2.45, 2.75) is 6.54 Å². The Morgan fingerprint density at radius 3 is 2.80 bits per heavy atom. The number of nitrogens with one attached hydrogen (secondary N) is 1. The van der Waals surface area contributed by atoms with Crippen molar-refractivity contribution in [2.75, 3.05) is 5.32 Å². The van der Waals surface area contributed by atoms with Crippen LogP contribution < -0.4 is 11.1 Å². The molecule has 0 unspecified atom stereocenters. The molecule has 0 aliphatic carbocycles. The Morgan fingerprint density at radius 1 is 1.32 bits per heavy atom. The lowest BCUT2D eigenvalue weighted by atomic mass is 10.3. The number of amides is 1. The molecule has 2 aromatic carbocycles. The van der Waals surface area contributed by atoms with E-state index in [9.17, 15) is 24.1 Å². The highest BCUT2D eigenvalue weighted by atomic mass is 35.5. The molecule has 0 saturated heterocycles. The molecule has 0 bridgehead atoms. The van der Waals surface area contributed by atoms with Crippen LogP contribution in [-0.2, 0) is 11.3 Å². The number of nitrogens with zero attached hydrogens (tertiary/aromatic N) is 2. The van der Waals surface area contributed by atoms with Gasteiger partial charge in [0.25, 0.3) is 5.69 Å². The van der Waals surface area contributed by atoms with Crippen LogP contribution in [0.5, 0.6) is 0 Å². The molecular formula is C15H9ClFN3O5. The van der Waals surface area contributed by atoms with E-state index in [-0.39, 0.29) is 27.5 Å². The van der Waals surface area contributed by atoms with Crippen molar-refractivity contribution in [1.29, 1.82) is 0 Å². The number of anilines is 1. The summed E-state index contributed by atoms with van der Waals surface area (Å²) in [5, 5.41) is 13.4. The van der Waals surface area contributed by atoms with E-state index in [0.29, 0.717) is 0 Å². The molecule has 128 valence electrons. The summed E-state index contributed by atoms with van der Waals surface area (Å²) in [5.41, 5.74) is -0.231. The highest BCUT2D eigenvalue weighted by Gasteiger charge is 2.17. The zero-order valence-electron chi connectivity index (χ0n) is 12.4. The number of fused-ring (bicyclic) bond motifs is 1. The van der Waals surface area contributed by atoms with Crippen molar-refractivity contribution in [3.63, 3.8) is 0 Å². The van der Waals surface area contributed by atoms with Gasteiger partial charge >= 0.3 is 5.76 Å². The zero-order chi connectivity index (χ0) is 18.1. The Balaban J connectivity index is 1.91. The number of benzene rings is 2. The number of halogens is 2. The summed E-state index contributed by atoms with van der Waals surface area (Å²) in [6, 6.07) is 7.18. The molecule has 3 aromatic rings. The Hall–Kier alpha value is -3.20. The van der Waals surface area contributed by atoms with Crippen molar-refractivity contribution < 1.29 is 18.5 Å². The van der Waals surface area contributed by atoms with Gasteiger partial charge in [-0.25, -0.2) is 9.18 Å². The van der Waals surface area contributed by atoms with E-state index in [2.05, 4.69) is 5.32 Å². The lowest BCUT2D eigenvalue weighted by molar-refractivity contribution is -0.384. The Bertz CT molecular complexity index is 1060. The van der Waals surface area contributed by atoms with Crippen molar-refractivity contribution >= 4 is 40.0 Å². The van der Waals surface area contributed by atoms with Crippen molar-refractivity contribution in [1.82, 2.24) is 4.57 Å². The quantitative estimate of drug-likeness (QED) is 0.565. The van der Waals surface area contributed by atoms with E-state index in [1.165, 1.54) is 24.3 Å². The predicted molar refractivity (Wildman–Crippen MR) is 87.2 cm³/mol. The molecule has 1 amide bonds. The molecule has 10 heteroatoms. The first-order valence-electron chi connectivity index (χ1n) is 6.88. The highest BCUT2D eigenvalue weighted by molar-refractivity contribution is 6.30. The molecule has 1 heterocycles. The number of carbonyl (C=O) groups is 1. The van der Waals surface area contributed by atoms with Crippen LogP contribution in [0.1, 0.15) is 0 Å². The van der Waals surface area contributed by atoms with Crippen LogP contribution in [0.4, 0.5) is 15.8 Å². The summed E-state index contributed by atoms with van der Waals surface area (Å²) in [5.74, 6) is -2.28. The lowest BCUT2D eigenvalue weighted by Gasteiger charge is -2.07. The number of rotatable bonds is 4. The summed E-state index contributed by atoms with van der Waals surface area (Å²) >= 11 is 5.74. The van der Waals surface area contributed by atoms with Gasteiger partial charge in [-0.15, -0.1) is 0 Å². The average molecular weight is 366 g/mol. The summed E-state index contributed by atoms with van der Waals surface area (Å²) in [7, 11) is 0. The fraction of sp³-hybridized carbons (Fsp3) is 0.0667. The van der Waals surface area contributed by atoms with E-state index >= 15 is 0 Å². The number of carbonyl (C=O) groups excluding carboxylic acids is 1. The monoisotopic (exact) mass is 365 g/mol. The van der Waals surface area contributed by atoms with Crippen LogP contribution in [0.3, 0.4) is 0 Å². The number of aromatic nitrogens is 1. The molecule has 0 aliphatic rings. The third kappa shape index (κ3) is 3.36. The van der Waals surface area contributed by atoms with Crippen LogP contribution in [-0.4, -0.2) is 15.4 Å². The number of non-ortho nitro benzene ring substituents is 1. The molecule has 3 rings (SSSR count). The number of hydrogen-bond donors (Lipinski definition) is 1. The third-order valence-electron chi connectivity index (χ3n) is 3.37. The highest BCUT2D eigenvalue weighted by Crippen LogP contribution is 2.21. The third-order valence-corrected chi connectivity index (χ3v) is 3.60. The number of hydrogen-bond acceptors (Lipinski definition) is 5. The second-order valence-corrected chi connectivity index (χ2v) is 5.47. The SMILES string of the molecule is O=C(Cn1c(=O)oc2ccc([N+](=O)[O-])cc21)Nc1cc(Cl)ccc1F. The first-order chi connectivity index (χ1) is 11.8. The minimum absolute atomic E-state index is 0.0842. The van der Waals surface area contributed by atoms with Crippen LogP contribution in [0.2, 0.25) is 5.02 Å².